The average Bonchev–Trinajstić information content (AvgIpc) is 2.35. The fourth-order valence-electron chi connectivity index (χ4n) is 1.23. The third-order valence-electron chi connectivity index (χ3n) is 1.95. The van der Waals surface area contributed by atoms with Crippen LogP contribution in [0.2, 0.25) is 0 Å². The standard InChI is InChI=1S/C11H15NO5/c1-15-8-4-3-5-9(10(8)16-2)17-11(14)12-6-7-13/h3-5,13H,6-7H2,1-2H3,(H,12,14). The van der Waals surface area contributed by atoms with Crippen molar-refractivity contribution in [3.63, 3.8) is 0 Å². The molecule has 17 heavy (non-hydrogen) atoms. The van der Waals surface area contributed by atoms with Crippen molar-refractivity contribution >= 4 is 6.09 Å². The fraction of sp³-hybridized carbons (Fsp3) is 0.364. The molecule has 6 heteroatoms. The SMILES string of the molecule is COc1cccc(OC(=O)NCCO)c1OC. The minimum atomic E-state index is -0.661. The molecule has 0 aliphatic heterocycles. The van der Waals surface area contributed by atoms with Crippen LogP contribution < -0.4 is 19.5 Å². The van der Waals surface area contributed by atoms with E-state index in [2.05, 4.69) is 5.32 Å². The average molecular weight is 241 g/mol. The van der Waals surface area contributed by atoms with E-state index in [0.717, 1.165) is 0 Å². The van der Waals surface area contributed by atoms with Crippen LogP contribution in [0.1, 0.15) is 0 Å². The maximum absolute atomic E-state index is 11.3. The van der Waals surface area contributed by atoms with Crippen LogP contribution in [0.3, 0.4) is 0 Å². The van der Waals surface area contributed by atoms with E-state index in [-0.39, 0.29) is 18.9 Å². The summed E-state index contributed by atoms with van der Waals surface area (Å²) in [5, 5.41) is 10.9. The fourth-order valence-corrected chi connectivity index (χ4v) is 1.23. The van der Waals surface area contributed by atoms with Gasteiger partial charge in [-0.3, -0.25) is 0 Å². The molecule has 6 nitrogen and oxygen atoms in total. The van der Waals surface area contributed by atoms with Gasteiger partial charge >= 0.3 is 6.09 Å². The molecule has 0 saturated heterocycles. The number of aliphatic hydroxyl groups is 1. The Kier molecular flexibility index (Phi) is 5.09. The highest BCUT2D eigenvalue weighted by molar-refractivity contribution is 5.72. The second kappa shape index (κ2) is 6.59. The van der Waals surface area contributed by atoms with Gasteiger partial charge in [-0.05, 0) is 12.1 Å². The number of amides is 1. The van der Waals surface area contributed by atoms with E-state index >= 15 is 0 Å². The van der Waals surface area contributed by atoms with Crippen LogP contribution in [0, 0.1) is 0 Å². The number of methoxy groups -OCH3 is 2. The van der Waals surface area contributed by atoms with Crippen molar-refractivity contribution in [2.45, 2.75) is 0 Å². The number of nitrogens with one attached hydrogen (secondary N) is 1. The Morgan fingerprint density at radius 2 is 2.00 bits per heavy atom. The molecule has 2 N–H and O–H groups in total. The number of carbonyl (C=O) groups is 1. The summed E-state index contributed by atoms with van der Waals surface area (Å²) >= 11 is 0. The summed E-state index contributed by atoms with van der Waals surface area (Å²) in [6.07, 6.45) is -0.661. The Balaban J connectivity index is 2.79. The summed E-state index contributed by atoms with van der Waals surface area (Å²) in [5.41, 5.74) is 0. The first-order valence-corrected chi connectivity index (χ1v) is 5.00. The van der Waals surface area contributed by atoms with Gasteiger partial charge in [-0.15, -0.1) is 0 Å². The molecule has 0 radical (unpaired) electrons. The molecule has 0 fully saturated rings. The predicted octanol–water partition coefficient (Wildman–Crippen LogP) is 0.784. The summed E-state index contributed by atoms with van der Waals surface area (Å²) < 4.78 is 15.2. The van der Waals surface area contributed by atoms with Crippen LogP contribution in [0.25, 0.3) is 0 Å². The first kappa shape index (κ1) is 13.1. The highest BCUT2D eigenvalue weighted by Crippen LogP contribution is 2.36. The van der Waals surface area contributed by atoms with Crippen molar-refractivity contribution in [1.29, 1.82) is 0 Å². The lowest BCUT2D eigenvalue weighted by molar-refractivity contribution is 0.193. The number of benzene rings is 1. The molecule has 0 atom stereocenters. The van der Waals surface area contributed by atoms with Crippen LogP contribution in [0.15, 0.2) is 18.2 Å². The second-order valence-corrected chi connectivity index (χ2v) is 3.03. The zero-order valence-corrected chi connectivity index (χ0v) is 9.73. The van der Waals surface area contributed by atoms with Crippen molar-refractivity contribution < 1.29 is 24.1 Å². The smallest absolute Gasteiger partial charge is 0.412 e. The van der Waals surface area contributed by atoms with Crippen LogP contribution in [0.5, 0.6) is 17.2 Å². The van der Waals surface area contributed by atoms with E-state index in [1.54, 1.807) is 18.2 Å². The maximum Gasteiger partial charge on any atom is 0.412 e. The van der Waals surface area contributed by atoms with Gasteiger partial charge < -0.3 is 24.6 Å². The van der Waals surface area contributed by atoms with Gasteiger partial charge in [0.05, 0.1) is 20.8 Å². The molecule has 0 aliphatic carbocycles. The van der Waals surface area contributed by atoms with Crippen LogP contribution in [-0.2, 0) is 0 Å². The Morgan fingerprint density at radius 1 is 1.29 bits per heavy atom. The number of aliphatic hydroxyl groups excluding tert-OH is 1. The molecule has 0 unspecified atom stereocenters. The summed E-state index contributed by atoms with van der Waals surface area (Å²) in [5.74, 6) is 1.07. The zero-order valence-electron chi connectivity index (χ0n) is 9.73. The van der Waals surface area contributed by atoms with Gasteiger partial charge in [-0.2, -0.15) is 0 Å². The summed E-state index contributed by atoms with van der Waals surface area (Å²) in [7, 11) is 2.95. The molecular weight excluding hydrogens is 226 g/mol. The molecule has 94 valence electrons. The molecule has 0 aliphatic rings. The lowest BCUT2D eigenvalue weighted by atomic mass is 10.3. The van der Waals surface area contributed by atoms with Crippen molar-refractivity contribution in [2.24, 2.45) is 0 Å². The number of hydrogen-bond acceptors (Lipinski definition) is 5. The third-order valence-corrected chi connectivity index (χ3v) is 1.95. The van der Waals surface area contributed by atoms with E-state index in [1.807, 2.05) is 0 Å². The number of hydrogen-bond donors (Lipinski definition) is 2. The first-order valence-electron chi connectivity index (χ1n) is 5.00. The van der Waals surface area contributed by atoms with Crippen molar-refractivity contribution in [3.05, 3.63) is 18.2 Å². The molecule has 0 heterocycles. The zero-order chi connectivity index (χ0) is 12.7. The van der Waals surface area contributed by atoms with Crippen molar-refractivity contribution in [2.75, 3.05) is 27.4 Å². The van der Waals surface area contributed by atoms with E-state index in [0.29, 0.717) is 11.5 Å². The quantitative estimate of drug-likeness (QED) is 0.796. The normalized spacial score (nSPS) is 9.59. The lowest BCUT2D eigenvalue weighted by Crippen LogP contribution is -2.29. The van der Waals surface area contributed by atoms with Gasteiger partial charge in [0.2, 0.25) is 5.75 Å². The topological polar surface area (TPSA) is 77.0 Å². The molecule has 1 amide bonds. The van der Waals surface area contributed by atoms with Gasteiger partial charge in [0.1, 0.15) is 0 Å². The van der Waals surface area contributed by atoms with Gasteiger partial charge in [0.15, 0.2) is 11.5 Å². The van der Waals surface area contributed by atoms with Gasteiger partial charge in [-0.25, -0.2) is 4.79 Å². The monoisotopic (exact) mass is 241 g/mol. The molecule has 0 spiro atoms. The molecular formula is C11H15NO5. The van der Waals surface area contributed by atoms with E-state index in [4.69, 9.17) is 19.3 Å². The van der Waals surface area contributed by atoms with Crippen LogP contribution in [0.4, 0.5) is 4.79 Å². The number of para-hydroxylation sites is 1. The summed E-state index contributed by atoms with van der Waals surface area (Å²) in [4.78, 5) is 11.3. The molecule has 0 bridgehead atoms. The largest absolute Gasteiger partial charge is 0.493 e. The Hall–Kier alpha value is -1.95. The summed E-state index contributed by atoms with van der Waals surface area (Å²) in [6, 6.07) is 4.95. The molecule has 1 aromatic carbocycles. The van der Waals surface area contributed by atoms with Crippen LogP contribution >= 0.6 is 0 Å². The highest BCUT2D eigenvalue weighted by atomic mass is 16.6. The third kappa shape index (κ3) is 3.53. The minimum absolute atomic E-state index is 0.130. The van der Waals surface area contributed by atoms with Crippen LogP contribution in [-0.4, -0.2) is 38.6 Å². The van der Waals surface area contributed by atoms with Gasteiger partial charge in [-0.1, -0.05) is 6.07 Å². The maximum atomic E-state index is 11.3. The van der Waals surface area contributed by atoms with Crippen molar-refractivity contribution in [1.82, 2.24) is 5.32 Å². The van der Waals surface area contributed by atoms with Crippen molar-refractivity contribution in [3.8, 4) is 17.2 Å². The highest BCUT2D eigenvalue weighted by Gasteiger charge is 2.13. The number of rotatable bonds is 5. The lowest BCUT2D eigenvalue weighted by Gasteiger charge is -2.12. The van der Waals surface area contributed by atoms with E-state index in [1.165, 1.54) is 14.2 Å². The first-order chi connectivity index (χ1) is 8.22. The predicted molar refractivity (Wildman–Crippen MR) is 60.7 cm³/mol. The number of carbonyl (C=O) groups excluding carboxylic acids is 1. The Morgan fingerprint density at radius 3 is 2.59 bits per heavy atom. The molecule has 0 saturated carbocycles. The number of ether oxygens (including phenoxy) is 3. The molecule has 0 aromatic heterocycles. The van der Waals surface area contributed by atoms with E-state index < -0.39 is 6.09 Å². The Bertz CT molecular complexity index is 380. The molecule has 1 rings (SSSR count). The summed E-state index contributed by atoms with van der Waals surface area (Å²) in [6.45, 7) is -0.0184. The van der Waals surface area contributed by atoms with Gasteiger partial charge in [0, 0.05) is 6.54 Å². The van der Waals surface area contributed by atoms with E-state index in [9.17, 15) is 4.79 Å². The second-order valence-electron chi connectivity index (χ2n) is 3.03. The van der Waals surface area contributed by atoms with Gasteiger partial charge in [0.25, 0.3) is 0 Å². The minimum Gasteiger partial charge on any atom is -0.493 e. The Labute approximate surface area is 99.1 Å². The molecule has 1 aromatic rings.